The fourth-order valence-electron chi connectivity index (χ4n) is 1.81. The molecule has 0 aliphatic heterocycles. The highest BCUT2D eigenvalue weighted by atomic mass is 16.5. The Morgan fingerprint density at radius 1 is 1.20 bits per heavy atom. The largest absolute Gasteiger partial charge is 0.494 e. The maximum atomic E-state index is 11.0. The Morgan fingerprint density at radius 2 is 1.95 bits per heavy atom. The fraction of sp³-hybridized carbons (Fsp3) is 0.562. The van der Waals surface area contributed by atoms with Gasteiger partial charge in [0.1, 0.15) is 5.75 Å². The molecule has 0 atom stereocenters. The van der Waals surface area contributed by atoms with Gasteiger partial charge in [-0.05, 0) is 24.1 Å². The van der Waals surface area contributed by atoms with Crippen molar-refractivity contribution in [3.8, 4) is 5.75 Å². The summed E-state index contributed by atoms with van der Waals surface area (Å²) in [5, 5.41) is 5.85. The van der Waals surface area contributed by atoms with Crippen molar-refractivity contribution < 1.29 is 9.53 Å². The first-order valence-electron chi connectivity index (χ1n) is 7.39. The lowest BCUT2D eigenvalue weighted by molar-refractivity contribution is -0.120. The first kappa shape index (κ1) is 16.5. The Morgan fingerprint density at radius 3 is 2.60 bits per heavy atom. The maximum absolute atomic E-state index is 11.0. The van der Waals surface area contributed by atoms with E-state index in [1.807, 2.05) is 12.1 Å². The van der Waals surface area contributed by atoms with Gasteiger partial charge in [0.05, 0.1) is 6.61 Å². The maximum Gasteiger partial charge on any atom is 0.221 e. The van der Waals surface area contributed by atoms with Crippen LogP contribution in [-0.4, -0.2) is 26.1 Å². The number of carbonyl (C=O) groups excluding carboxylic acids is 1. The Kier molecular flexibility index (Phi) is 8.47. The molecule has 1 aromatic rings. The quantitative estimate of drug-likeness (QED) is 0.646. The number of amides is 1. The van der Waals surface area contributed by atoms with Crippen LogP contribution >= 0.6 is 0 Å². The zero-order valence-electron chi connectivity index (χ0n) is 12.6. The predicted molar refractivity (Wildman–Crippen MR) is 81.9 cm³/mol. The lowest BCUT2D eigenvalue weighted by Gasteiger charge is -2.08. The van der Waals surface area contributed by atoms with Crippen LogP contribution in [0.2, 0.25) is 0 Å². The predicted octanol–water partition coefficient (Wildman–Crippen LogP) is 2.48. The van der Waals surface area contributed by atoms with Crippen molar-refractivity contribution in [2.24, 2.45) is 0 Å². The summed E-state index contributed by atoms with van der Waals surface area (Å²) >= 11 is 0. The minimum atomic E-state index is 0.0633. The average molecular weight is 278 g/mol. The van der Waals surface area contributed by atoms with Gasteiger partial charge in [0.25, 0.3) is 0 Å². The summed E-state index contributed by atoms with van der Waals surface area (Å²) in [6.45, 7) is 4.44. The van der Waals surface area contributed by atoms with Crippen LogP contribution in [0.25, 0.3) is 0 Å². The molecular weight excluding hydrogens is 252 g/mol. The summed E-state index contributed by atoms with van der Waals surface area (Å²) in [5.41, 5.74) is 1.20. The molecule has 0 bridgehead atoms. The lowest BCUT2D eigenvalue weighted by Crippen LogP contribution is -2.24. The number of unbranched alkanes of at least 4 members (excludes halogenated alkanes) is 2. The summed E-state index contributed by atoms with van der Waals surface area (Å²) in [6, 6.07) is 8.12. The lowest BCUT2D eigenvalue weighted by atomic mass is 10.2. The Bertz CT molecular complexity index is 377. The van der Waals surface area contributed by atoms with E-state index < -0.39 is 0 Å². The van der Waals surface area contributed by atoms with Crippen molar-refractivity contribution in [2.45, 2.75) is 39.2 Å². The van der Waals surface area contributed by atoms with Crippen LogP contribution in [0.1, 0.15) is 38.2 Å². The summed E-state index contributed by atoms with van der Waals surface area (Å²) in [4.78, 5) is 11.0. The molecule has 1 aromatic carbocycles. The molecule has 20 heavy (non-hydrogen) atoms. The Labute approximate surface area is 121 Å². The summed E-state index contributed by atoms with van der Waals surface area (Å²) in [5.74, 6) is 0.989. The van der Waals surface area contributed by atoms with Crippen LogP contribution in [0.4, 0.5) is 0 Å². The van der Waals surface area contributed by atoms with Gasteiger partial charge in [-0.25, -0.2) is 0 Å². The highest BCUT2D eigenvalue weighted by Gasteiger charge is 1.98. The molecule has 0 saturated heterocycles. The molecule has 0 aliphatic carbocycles. The van der Waals surface area contributed by atoms with Gasteiger partial charge in [-0.15, -0.1) is 0 Å². The third-order valence-corrected chi connectivity index (χ3v) is 3.08. The van der Waals surface area contributed by atoms with Crippen LogP contribution in [0.3, 0.4) is 0 Å². The molecule has 0 unspecified atom stereocenters. The zero-order chi connectivity index (χ0) is 14.6. The van der Waals surface area contributed by atoms with Crippen LogP contribution in [-0.2, 0) is 11.3 Å². The van der Waals surface area contributed by atoms with Crippen molar-refractivity contribution in [3.05, 3.63) is 29.8 Å². The van der Waals surface area contributed by atoms with E-state index in [-0.39, 0.29) is 5.91 Å². The molecule has 1 amide bonds. The van der Waals surface area contributed by atoms with Crippen LogP contribution < -0.4 is 15.4 Å². The Balaban J connectivity index is 2.19. The van der Waals surface area contributed by atoms with E-state index in [1.54, 1.807) is 7.05 Å². The van der Waals surface area contributed by atoms with Gasteiger partial charge in [-0.1, -0.05) is 31.9 Å². The molecule has 0 aliphatic rings. The number of benzene rings is 1. The molecule has 112 valence electrons. The van der Waals surface area contributed by atoms with E-state index in [4.69, 9.17) is 4.74 Å². The molecule has 0 radical (unpaired) electrons. The minimum Gasteiger partial charge on any atom is -0.494 e. The molecular formula is C16H26N2O2. The molecule has 4 heteroatoms. The van der Waals surface area contributed by atoms with E-state index in [0.717, 1.165) is 25.3 Å². The molecule has 0 aromatic heterocycles. The van der Waals surface area contributed by atoms with Crippen molar-refractivity contribution in [1.29, 1.82) is 0 Å². The van der Waals surface area contributed by atoms with Gasteiger partial charge in [0.15, 0.2) is 0 Å². The molecule has 0 fully saturated rings. The third kappa shape index (κ3) is 7.14. The number of carbonyl (C=O) groups is 1. The van der Waals surface area contributed by atoms with E-state index in [2.05, 4.69) is 29.7 Å². The normalized spacial score (nSPS) is 10.3. The van der Waals surface area contributed by atoms with E-state index >= 15 is 0 Å². The SMILES string of the molecule is CCCCCOc1ccc(CNCCC(=O)NC)cc1. The van der Waals surface area contributed by atoms with E-state index in [0.29, 0.717) is 13.0 Å². The van der Waals surface area contributed by atoms with Crippen molar-refractivity contribution in [3.63, 3.8) is 0 Å². The van der Waals surface area contributed by atoms with Crippen molar-refractivity contribution >= 4 is 5.91 Å². The number of rotatable bonds is 10. The van der Waals surface area contributed by atoms with Crippen LogP contribution in [0, 0.1) is 0 Å². The highest BCUT2D eigenvalue weighted by Crippen LogP contribution is 2.12. The minimum absolute atomic E-state index is 0.0633. The molecule has 0 saturated carbocycles. The molecule has 0 spiro atoms. The fourth-order valence-corrected chi connectivity index (χ4v) is 1.81. The topological polar surface area (TPSA) is 50.4 Å². The number of hydrogen-bond acceptors (Lipinski definition) is 3. The summed E-state index contributed by atoms with van der Waals surface area (Å²) < 4.78 is 5.66. The molecule has 0 heterocycles. The number of hydrogen-bond donors (Lipinski definition) is 2. The molecule has 2 N–H and O–H groups in total. The molecule has 4 nitrogen and oxygen atoms in total. The second kappa shape index (κ2) is 10.3. The van der Waals surface area contributed by atoms with E-state index in [1.165, 1.54) is 18.4 Å². The highest BCUT2D eigenvalue weighted by molar-refractivity contribution is 5.75. The van der Waals surface area contributed by atoms with Gasteiger partial charge < -0.3 is 15.4 Å². The smallest absolute Gasteiger partial charge is 0.221 e. The first-order valence-corrected chi connectivity index (χ1v) is 7.39. The van der Waals surface area contributed by atoms with Crippen LogP contribution in [0.15, 0.2) is 24.3 Å². The summed E-state index contributed by atoms with van der Waals surface area (Å²) in [6.07, 6.45) is 4.05. The monoisotopic (exact) mass is 278 g/mol. The van der Waals surface area contributed by atoms with Gasteiger partial charge in [0, 0.05) is 26.6 Å². The molecule has 1 rings (SSSR count). The average Bonchev–Trinajstić information content (AvgIpc) is 2.49. The third-order valence-electron chi connectivity index (χ3n) is 3.08. The number of ether oxygens (including phenoxy) is 1. The standard InChI is InChI=1S/C16H26N2O2/c1-3-4-5-12-20-15-8-6-14(7-9-15)13-18-11-10-16(19)17-2/h6-9,18H,3-5,10-13H2,1-2H3,(H,17,19). The second-order valence-electron chi connectivity index (χ2n) is 4.80. The zero-order valence-corrected chi connectivity index (χ0v) is 12.6. The van der Waals surface area contributed by atoms with Crippen molar-refractivity contribution in [2.75, 3.05) is 20.2 Å². The second-order valence-corrected chi connectivity index (χ2v) is 4.80. The van der Waals surface area contributed by atoms with E-state index in [9.17, 15) is 4.79 Å². The van der Waals surface area contributed by atoms with Gasteiger partial charge in [-0.3, -0.25) is 4.79 Å². The van der Waals surface area contributed by atoms with Gasteiger partial charge in [0.2, 0.25) is 5.91 Å². The van der Waals surface area contributed by atoms with Gasteiger partial charge >= 0.3 is 0 Å². The Hall–Kier alpha value is -1.55. The summed E-state index contributed by atoms with van der Waals surface area (Å²) in [7, 11) is 1.65. The van der Waals surface area contributed by atoms with Crippen molar-refractivity contribution in [1.82, 2.24) is 10.6 Å². The van der Waals surface area contributed by atoms with Gasteiger partial charge in [-0.2, -0.15) is 0 Å². The van der Waals surface area contributed by atoms with Crippen LogP contribution in [0.5, 0.6) is 5.75 Å². The first-order chi connectivity index (χ1) is 9.76. The number of nitrogens with one attached hydrogen (secondary N) is 2.